The van der Waals surface area contributed by atoms with Crippen molar-refractivity contribution in [1.82, 2.24) is 14.6 Å². The second-order valence-corrected chi connectivity index (χ2v) is 2.68. The van der Waals surface area contributed by atoms with Crippen LogP contribution in [-0.4, -0.2) is 14.6 Å². The zero-order chi connectivity index (χ0) is 6.97. The highest BCUT2D eigenvalue weighted by atomic mass is 79.9. The third-order valence-electron chi connectivity index (χ3n) is 1.24. The SMILES string of the molecule is Brc1ccnc2ccnn12. The highest BCUT2D eigenvalue weighted by molar-refractivity contribution is 9.10. The number of hydrogen-bond donors (Lipinski definition) is 0. The molecule has 50 valence electrons. The highest BCUT2D eigenvalue weighted by Crippen LogP contribution is 2.08. The average molecular weight is 198 g/mol. The third-order valence-corrected chi connectivity index (χ3v) is 1.84. The Morgan fingerprint density at radius 2 is 2.20 bits per heavy atom. The van der Waals surface area contributed by atoms with Gasteiger partial charge in [-0.3, -0.25) is 0 Å². The van der Waals surface area contributed by atoms with E-state index in [9.17, 15) is 0 Å². The molecule has 0 N–H and O–H groups in total. The Kier molecular flexibility index (Phi) is 1.20. The van der Waals surface area contributed by atoms with Crippen molar-refractivity contribution in [3.8, 4) is 0 Å². The summed E-state index contributed by atoms with van der Waals surface area (Å²) in [5.41, 5.74) is 0.856. The molecule has 0 amide bonds. The second kappa shape index (κ2) is 2.05. The molecule has 4 heteroatoms. The molecule has 3 nitrogen and oxygen atoms in total. The molecule has 0 aliphatic heterocycles. The Hall–Kier alpha value is -0.900. The predicted molar refractivity (Wildman–Crippen MR) is 40.7 cm³/mol. The molecule has 0 radical (unpaired) electrons. The number of fused-ring (bicyclic) bond motifs is 1. The average Bonchev–Trinajstić information content (AvgIpc) is 2.36. The van der Waals surface area contributed by atoms with E-state index in [0.717, 1.165) is 10.3 Å². The molecule has 0 unspecified atom stereocenters. The Morgan fingerprint density at radius 1 is 1.30 bits per heavy atom. The number of hydrogen-bond acceptors (Lipinski definition) is 2. The van der Waals surface area contributed by atoms with Crippen LogP contribution in [0.4, 0.5) is 0 Å². The van der Waals surface area contributed by atoms with E-state index in [1.807, 2.05) is 12.1 Å². The van der Waals surface area contributed by atoms with Gasteiger partial charge >= 0.3 is 0 Å². The first kappa shape index (κ1) is 5.85. The zero-order valence-electron chi connectivity index (χ0n) is 5.03. The maximum absolute atomic E-state index is 4.07. The maximum atomic E-state index is 4.07. The topological polar surface area (TPSA) is 30.2 Å². The van der Waals surface area contributed by atoms with Gasteiger partial charge in [-0.2, -0.15) is 5.10 Å². The summed E-state index contributed by atoms with van der Waals surface area (Å²) >= 11 is 3.34. The quantitative estimate of drug-likeness (QED) is 0.600. The molecule has 10 heavy (non-hydrogen) atoms. The summed E-state index contributed by atoms with van der Waals surface area (Å²) in [4.78, 5) is 4.07. The molecule has 2 rings (SSSR count). The minimum absolute atomic E-state index is 0.856. The second-order valence-electron chi connectivity index (χ2n) is 1.87. The van der Waals surface area contributed by atoms with Gasteiger partial charge in [-0.1, -0.05) is 0 Å². The summed E-state index contributed by atoms with van der Waals surface area (Å²) in [5, 5.41) is 4.03. The molecule has 0 aliphatic rings. The maximum Gasteiger partial charge on any atom is 0.156 e. The molecule has 0 spiro atoms. The lowest BCUT2D eigenvalue weighted by atomic mass is 10.6. The fourth-order valence-corrected chi connectivity index (χ4v) is 1.20. The molecule has 0 bridgehead atoms. The van der Waals surface area contributed by atoms with Gasteiger partial charge in [-0.05, 0) is 22.0 Å². The number of rotatable bonds is 0. The molecule has 0 aliphatic carbocycles. The highest BCUT2D eigenvalue weighted by Gasteiger charge is 1.95. The molecule has 2 heterocycles. The normalized spacial score (nSPS) is 10.5. The van der Waals surface area contributed by atoms with Crippen molar-refractivity contribution in [2.24, 2.45) is 0 Å². The lowest BCUT2D eigenvalue weighted by Gasteiger charge is -1.92. The molecule has 0 atom stereocenters. The van der Waals surface area contributed by atoms with Crippen LogP contribution in [0.1, 0.15) is 0 Å². The van der Waals surface area contributed by atoms with Gasteiger partial charge in [0.2, 0.25) is 0 Å². The molecule has 2 aromatic heterocycles. The summed E-state index contributed by atoms with van der Waals surface area (Å²) in [6.07, 6.45) is 3.45. The van der Waals surface area contributed by atoms with E-state index in [1.54, 1.807) is 16.9 Å². The number of halogens is 1. The molecular weight excluding hydrogens is 194 g/mol. The van der Waals surface area contributed by atoms with Crippen LogP contribution in [0.3, 0.4) is 0 Å². The van der Waals surface area contributed by atoms with E-state index in [1.165, 1.54) is 0 Å². The van der Waals surface area contributed by atoms with Crippen LogP contribution in [0.25, 0.3) is 5.65 Å². The van der Waals surface area contributed by atoms with Crippen LogP contribution in [0.5, 0.6) is 0 Å². The van der Waals surface area contributed by atoms with Crippen LogP contribution in [0, 0.1) is 0 Å². The monoisotopic (exact) mass is 197 g/mol. The molecule has 2 aromatic rings. The van der Waals surface area contributed by atoms with E-state index in [0.29, 0.717) is 0 Å². The van der Waals surface area contributed by atoms with Gasteiger partial charge in [0.05, 0.1) is 6.20 Å². The standard InChI is InChI=1S/C6H4BrN3/c7-5-1-3-8-6-2-4-9-10(5)6/h1-4H. The summed E-state index contributed by atoms with van der Waals surface area (Å²) in [7, 11) is 0. The van der Waals surface area contributed by atoms with Crippen LogP contribution in [0.15, 0.2) is 29.1 Å². The van der Waals surface area contributed by atoms with Crippen molar-refractivity contribution in [3.63, 3.8) is 0 Å². The predicted octanol–water partition coefficient (Wildman–Crippen LogP) is 1.49. The van der Waals surface area contributed by atoms with E-state index in [-0.39, 0.29) is 0 Å². The summed E-state index contributed by atoms with van der Waals surface area (Å²) in [6, 6.07) is 3.70. The summed E-state index contributed by atoms with van der Waals surface area (Å²) < 4.78 is 2.64. The van der Waals surface area contributed by atoms with Gasteiger partial charge in [-0.15, -0.1) is 0 Å². The van der Waals surface area contributed by atoms with Crippen molar-refractivity contribution in [3.05, 3.63) is 29.1 Å². The first-order chi connectivity index (χ1) is 4.88. The van der Waals surface area contributed by atoms with Gasteiger partial charge in [0.1, 0.15) is 4.60 Å². The largest absolute Gasteiger partial charge is 0.237 e. The van der Waals surface area contributed by atoms with Gasteiger partial charge in [0.25, 0.3) is 0 Å². The van der Waals surface area contributed by atoms with Crippen molar-refractivity contribution in [2.45, 2.75) is 0 Å². The van der Waals surface area contributed by atoms with Crippen molar-refractivity contribution in [2.75, 3.05) is 0 Å². The van der Waals surface area contributed by atoms with E-state index < -0.39 is 0 Å². The first-order valence-corrected chi connectivity index (χ1v) is 3.61. The van der Waals surface area contributed by atoms with Crippen molar-refractivity contribution >= 4 is 21.6 Å². The van der Waals surface area contributed by atoms with Crippen molar-refractivity contribution < 1.29 is 0 Å². The van der Waals surface area contributed by atoms with E-state index in [2.05, 4.69) is 26.0 Å². The Bertz CT molecular complexity index is 355. The summed E-state index contributed by atoms with van der Waals surface area (Å²) in [5.74, 6) is 0. The van der Waals surface area contributed by atoms with Crippen LogP contribution < -0.4 is 0 Å². The molecule has 0 fully saturated rings. The van der Waals surface area contributed by atoms with Crippen molar-refractivity contribution in [1.29, 1.82) is 0 Å². The molecule has 0 aromatic carbocycles. The Labute approximate surface area is 65.8 Å². The smallest absolute Gasteiger partial charge is 0.156 e. The minimum atomic E-state index is 0.856. The fraction of sp³-hybridized carbons (Fsp3) is 0. The van der Waals surface area contributed by atoms with Gasteiger partial charge in [-0.25, -0.2) is 9.50 Å². The van der Waals surface area contributed by atoms with Crippen LogP contribution >= 0.6 is 15.9 Å². The molecule has 0 saturated heterocycles. The zero-order valence-corrected chi connectivity index (χ0v) is 6.62. The van der Waals surface area contributed by atoms with Gasteiger partial charge in [0.15, 0.2) is 5.65 Å². The first-order valence-electron chi connectivity index (χ1n) is 2.82. The van der Waals surface area contributed by atoms with Crippen LogP contribution in [0.2, 0.25) is 0 Å². The van der Waals surface area contributed by atoms with Gasteiger partial charge in [0, 0.05) is 12.3 Å². The molecular formula is C6H4BrN3. The van der Waals surface area contributed by atoms with E-state index >= 15 is 0 Å². The molecule has 0 saturated carbocycles. The lowest BCUT2D eigenvalue weighted by molar-refractivity contribution is 0.914. The third kappa shape index (κ3) is 0.724. The number of aromatic nitrogens is 3. The minimum Gasteiger partial charge on any atom is -0.237 e. The Morgan fingerprint density at radius 3 is 3.00 bits per heavy atom. The lowest BCUT2D eigenvalue weighted by Crippen LogP contribution is -1.89. The number of nitrogens with zero attached hydrogens (tertiary/aromatic N) is 3. The summed E-state index contributed by atoms with van der Waals surface area (Å²) in [6.45, 7) is 0. The fourth-order valence-electron chi connectivity index (χ4n) is 0.804. The Balaban J connectivity index is 2.95. The van der Waals surface area contributed by atoms with Gasteiger partial charge < -0.3 is 0 Å². The van der Waals surface area contributed by atoms with E-state index in [4.69, 9.17) is 0 Å². The van der Waals surface area contributed by atoms with Crippen LogP contribution in [-0.2, 0) is 0 Å².